The number of halogens is 3. The average molecular weight is 519 g/mol. The van der Waals surface area contributed by atoms with Gasteiger partial charge in [-0.25, -0.2) is 0 Å². The normalized spacial score (nSPS) is 15.5. The molecule has 0 saturated carbocycles. The van der Waals surface area contributed by atoms with Crippen LogP contribution in [0, 0.1) is 4.91 Å². The highest BCUT2D eigenvalue weighted by Gasteiger charge is 2.31. The lowest BCUT2D eigenvalue weighted by Crippen LogP contribution is -2.42. The number of hydrogen-bond donors (Lipinski definition) is 1. The Labute approximate surface area is 208 Å². The van der Waals surface area contributed by atoms with Gasteiger partial charge in [0.1, 0.15) is 6.61 Å². The molecular weight excluding hydrogens is 493 g/mol. The minimum atomic E-state index is -0.290. The van der Waals surface area contributed by atoms with Crippen LogP contribution in [0.25, 0.3) is 0 Å². The van der Waals surface area contributed by atoms with E-state index in [1.165, 1.54) is 0 Å². The maximum Gasteiger partial charge on any atom is 0.310 e. The second-order valence-corrected chi connectivity index (χ2v) is 9.87. The van der Waals surface area contributed by atoms with E-state index < -0.39 is 0 Å². The molecule has 0 bridgehead atoms. The van der Waals surface area contributed by atoms with Crippen molar-refractivity contribution in [2.75, 3.05) is 31.6 Å². The molecular formula is C22H26Cl3N3O3S. The molecule has 1 heterocycles. The molecule has 3 rings (SSSR count). The number of esters is 1. The molecule has 1 fully saturated rings. The Morgan fingerprint density at radius 3 is 2.47 bits per heavy atom. The number of nitrogens with zero attached hydrogens (tertiary/aromatic N) is 2. The quantitative estimate of drug-likeness (QED) is 0.232. The first-order valence-corrected chi connectivity index (χ1v) is 11.6. The summed E-state index contributed by atoms with van der Waals surface area (Å²) < 4.78 is 8.36. The lowest BCUT2D eigenvalue weighted by Gasteiger charge is -2.36. The summed E-state index contributed by atoms with van der Waals surface area (Å²) in [4.78, 5) is 25.2. The topological polar surface area (TPSA) is 71.0 Å². The molecule has 0 radical (unpaired) electrons. The molecule has 2 aromatic carbocycles. The van der Waals surface area contributed by atoms with Crippen molar-refractivity contribution < 1.29 is 9.53 Å². The van der Waals surface area contributed by atoms with Gasteiger partial charge in [-0.15, -0.1) is 17.3 Å². The lowest BCUT2D eigenvalue weighted by molar-refractivity contribution is -0.143. The summed E-state index contributed by atoms with van der Waals surface area (Å²) in [6, 6.07) is 12.8. The Balaban J connectivity index is 0.00000363. The van der Waals surface area contributed by atoms with Gasteiger partial charge in [0.25, 0.3) is 0 Å². The van der Waals surface area contributed by atoms with Crippen LogP contribution in [-0.4, -0.2) is 41.9 Å². The first kappa shape index (κ1) is 26.7. The third-order valence-corrected chi connectivity index (χ3v) is 6.97. The van der Waals surface area contributed by atoms with Crippen molar-refractivity contribution in [1.82, 2.24) is 4.90 Å². The van der Waals surface area contributed by atoms with Crippen molar-refractivity contribution in [2.45, 2.75) is 30.9 Å². The summed E-state index contributed by atoms with van der Waals surface area (Å²) in [5.74, 6) is -0.290. The van der Waals surface area contributed by atoms with Crippen LogP contribution < -0.4 is 5.32 Å². The number of piperidine rings is 1. The van der Waals surface area contributed by atoms with Crippen molar-refractivity contribution in [1.29, 1.82) is 0 Å². The van der Waals surface area contributed by atoms with Crippen LogP contribution in [0.4, 0.5) is 11.4 Å². The highest BCUT2D eigenvalue weighted by atomic mass is 35.5. The van der Waals surface area contributed by atoms with Crippen molar-refractivity contribution in [2.24, 2.45) is 4.58 Å². The number of para-hydroxylation sites is 2. The predicted octanol–water partition coefficient (Wildman–Crippen LogP) is 6.51. The van der Waals surface area contributed by atoms with Crippen molar-refractivity contribution in [3.8, 4) is 0 Å². The van der Waals surface area contributed by atoms with E-state index in [2.05, 4.69) is 21.7 Å². The molecule has 32 heavy (non-hydrogen) atoms. The molecule has 6 nitrogen and oxygen atoms in total. The Morgan fingerprint density at radius 2 is 1.81 bits per heavy atom. The summed E-state index contributed by atoms with van der Waals surface area (Å²) in [5.41, 5.74) is 2.16. The smallest absolute Gasteiger partial charge is 0.310 e. The maximum atomic E-state index is 12.4. The Bertz CT molecular complexity index is 904. The summed E-state index contributed by atoms with van der Waals surface area (Å²) in [6.07, 6.45) is 1.92. The van der Waals surface area contributed by atoms with Crippen molar-refractivity contribution >= 4 is 64.9 Å². The van der Waals surface area contributed by atoms with Crippen molar-refractivity contribution in [3.63, 3.8) is 0 Å². The van der Waals surface area contributed by atoms with Crippen LogP contribution in [0.5, 0.6) is 0 Å². The Kier molecular flexibility index (Phi) is 10.6. The van der Waals surface area contributed by atoms with Crippen LogP contribution >= 0.6 is 47.6 Å². The van der Waals surface area contributed by atoms with Gasteiger partial charge in [0.15, 0.2) is 0 Å². The van der Waals surface area contributed by atoms with Crippen LogP contribution in [0.15, 0.2) is 47.0 Å². The van der Waals surface area contributed by atoms with Gasteiger partial charge in [0, 0.05) is 33.5 Å². The monoisotopic (exact) mass is 517 g/mol. The zero-order chi connectivity index (χ0) is 22.3. The number of nitroso groups, excluding NO2 is 1. The number of likely N-dealkylation sites (tertiary alicyclic amines) is 1. The summed E-state index contributed by atoms with van der Waals surface area (Å²) in [7, 11) is 0. The number of hydrogen-bond acceptors (Lipinski definition) is 7. The molecule has 0 aliphatic carbocycles. The van der Waals surface area contributed by atoms with E-state index in [1.54, 1.807) is 18.2 Å². The van der Waals surface area contributed by atoms with E-state index in [1.807, 2.05) is 24.3 Å². The number of carbonyl (C=O) groups is 1. The van der Waals surface area contributed by atoms with Crippen LogP contribution in [-0.2, 0) is 16.0 Å². The van der Waals surface area contributed by atoms with Gasteiger partial charge in [0.05, 0.1) is 22.2 Å². The number of carbonyl (C=O) groups excluding carboxylic acids is 1. The second kappa shape index (κ2) is 12.7. The van der Waals surface area contributed by atoms with E-state index in [-0.39, 0.29) is 29.5 Å². The summed E-state index contributed by atoms with van der Waals surface area (Å²) in [5, 5.41) is 4.24. The minimum Gasteiger partial charge on any atom is -0.464 e. The maximum absolute atomic E-state index is 12.4. The number of ether oxygens (including phenoxy) is 1. The predicted molar refractivity (Wildman–Crippen MR) is 136 cm³/mol. The molecule has 0 aromatic heterocycles. The molecule has 1 N–H and O–H groups in total. The van der Waals surface area contributed by atoms with Gasteiger partial charge in [-0.1, -0.05) is 47.5 Å². The summed E-state index contributed by atoms with van der Waals surface area (Å²) >= 11 is 13.6. The molecule has 1 aliphatic rings. The van der Waals surface area contributed by atoms with Gasteiger partial charge in [-0.3, -0.25) is 9.69 Å². The van der Waals surface area contributed by atoms with Gasteiger partial charge in [-0.05, 0) is 56.6 Å². The van der Waals surface area contributed by atoms with Gasteiger partial charge in [0.2, 0.25) is 0 Å². The Hall–Kier alpha value is -1.51. The first-order chi connectivity index (χ1) is 14.9. The second-order valence-electron chi connectivity index (χ2n) is 7.73. The Morgan fingerprint density at radius 1 is 1.16 bits per heavy atom. The highest BCUT2D eigenvalue weighted by Crippen LogP contribution is 2.36. The molecule has 174 valence electrons. The summed E-state index contributed by atoms with van der Waals surface area (Å²) in [6.45, 7) is 4.80. The molecule has 10 heteroatoms. The third-order valence-electron chi connectivity index (χ3n) is 5.42. The van der Waals surface area contributed by atoms with Crippen LogP contribution in [0.2, 0.25) is 10.0 Å². The average Bonchev–Trinajstić information content (AvgIpc) is 2.74. The SMILES string of the molecule is CC1(SN=O)CCN(CCOC(=O)Cc2ccccc2Nc2c(Cl)cccc2Cl)CC1.Cl. The zero-order valence-corrected chi connectivity index (χ0v) is 20.8. The number of nitrogens with one attached hydrogen (secondary N) is 1. The zero-order valence-electron chi connectivity index (χ0n) is 17.7. The fraction of sp³-hybridized carbons (Fsp3) is 0.409. The standard InChI is InChI=1S/C22H25Cl2N3O3S.ClH/c1-22(31-26-29)9-11-27(12-10-22)13-14-30-20(28)15-16-5-2-3-8-19(16)25-21-17(23)6-4-7-18(21)24;/h2-8,25H,9-15H2,1H3;1H. The molecule has 1 aliphatic heterocycles. The largest absolute Gasteiger partial charge is 0.464 e. The van der Waals surface area contributed by atoms with E-state index in [0.29, 0.717) is 28.9 Å². The number of rotatable bonds is 9. The van der Waals surface area contributed by atoms with Crippen molar-refractivity contribution in [3.05, 3.63) is 63.0 Å². The van der Waals surface area contributed by atoms with E-state index in [4.69, 9.17) is 27.9 Å². The first-order valence-electron chi connectivity index (χ1n) is 10.1. The highest BCUT2D eigenvalue weighted by molar-refractivity contribution is 7.99. The minimum absolute atomic E-state index is 0. The number of anilines is 2. The fourth-order valence-electron chi connectivity index (χ4n) is 3.47. The molecule has 2 aromatic rings. The number of benzene rings is 2. The van der Waals surface area contributed by atoms with E-state index >= 15 is 0 Å². The molecule has 0 unspecified atom stereocenters. The molecule has 1 saturated heterocycles. The fourth-order valence-corrected chi connectivity index (χ4v) is 4.51. The van der Waals surface area contributed by atoms with E-state index in [0.717, 1.165) is 49.1 Å². The molecule has 0 atom stereocenters. The molecule has 0 spiro atoms. The third kappa shape index (κ3) is 7.52. The van der Waals surface area contributed by atoms with Gasteiger partial charge in [-0.2, -0.15) is 0 Å². The van der Waals surface area contributed by atoms with Crippen LogP contribution in [0.1, 0.15) is 25.3 Å². The van der Waals surface area contributed by atoms with E-state index in [9.17, 15) is 9.70 Å². The van der Waals surface area contributed by atoms with Gasteiger partial charge < -0.3 is 10.1 Å². The van der Waals surface area contributed by atoms with Crippen LogP contribution in [0.3, 0.4) is 0 Å². The molecule has 0 amide bonds. The lowest BCUT2D eigenvalue weighted by atomic mass is 9.98. The van der Waals surface area contributed by atoms with Gasteiger partial charge >= 0.3 is 5.97 Å².